The maximum Gasteiger partial charge on any atom is 0.186 e. The van der Waals surface area contributed by atoms with Crippen LogP contribution in [0.1, 0.15) is 87.2 Å². The molecule has 2 aliphatic carbocycles. The van der Waals surface area contributed by atoms with Crippen LogP contribution in [-0.4, -0.2) is 8.76 Å². The molecule has 3 rings (SSSR count). The average molecular weight is 306 g/mol. The summed E-state index contributed by atoms with van der Waals surface area (Å²) in [6.45, 7) is 0. The normalized spacial score (nSPS) is 23.1. The van der Waals surface area contributed by atoms with Crippen LogP contribution in [0, 0.1) is 0 Å². The standard InChI is InChI=1S/C18H26O2S/c19-21(20)18-13-16(14-7-3-1-4-8-14)11-12-17(18)15-9-5-2-6-10-15/h11-15H,1-10H2,(H,19,20). The lowest BCUT2D eigenvalue weighted by Gasteiger charge is -2.26. The summed E-state index contributed by atoms with van der Waals surface area (Å²) < 4.78 is 21.5. The van der Waals surface area contributed by atoms with Gasteiger partial charge in [-0.1, -0.05) is 50.7 Å². The largest absolute Gasteiger partial charge is 0.302 e. The van der Waals surface area contributed by atoms with E-state index in [0.717, 1.165) is 5.56 Å². The molecule has 116 valence electrons. The minimum atomic E-state index is -1.86. The molecule has 1 N–H and O–H groups in total. The Hall–Kier alpha value is -0.670. The van der Waals surface area contributed by atoms with Crippen molar-refractivity contribution in [3.05, 3.63) is 29.3 Å². The Kier molecular flexibility index (Phi) is 5.12. The van der Waals surface area contributed by atoms with Gasteiger partial charge in [-0.3, -0.25) is 0 Å². The highest BCUT2D eigenvalue weighted by Gasteiger charge is 2.23. The Labute approximate surface area is 130 Å². The Morgan fingerprint density at radius 1 is 0.857 bits per heavy atom. The lowest BCUT2D eigenvalue weighted by atomic mass is 9.81. The monoisotopic (exact) mass is 306 g/mol. The Morgan fingerprint density at radius 3 is 2.00 bits per heavy atom. The molecule has 2 saturated carbocycles. The van der Waals surface area contributed by atoms with Gasteiger partial charge in [0.05, 0.1) is 4.90 Å². The van der Waals surface area contributed by atoms with Gasteiger partial charge in [-0.2, -0.15) is 0 Å². The van der Waals surface area contributed by atoms with E-state index in [0.29, 0.717) is 16.7 Å². The van der Waals surface area contributed by atoms with Crippen LogP contribution in [0.2, 0.25) is 0 Å². The summed E-state index contributed by atoms with van der Waals surface area (Å²) >= 11 is -1.86. The maximum atomic E-state index is 11.8. The van der Waals surface area contributed by atoms with Gasteiger partial charge in [0.15, 0.2) is 11.1 Å². The van der Waals surface area contributed by atoms with E-state index in [1.807, 2.05) is 6.07 Å². The SMILES string of the molecule is O=S(O)c1cc(C2CCCCC2)ccc1C1CCCCC1. The van der Waals surface area contributed by atoms with Crippen molar-refractivity contribution >= 4 is 11.1 Å². The third-order valence-corrected chi connectivity index (χ3v) is 6.08. The van der Waals surface area contributed by atoms with Crippen LogP contribution in [0.4, 0.5) is 0 Å². The second-order valence-corrected chi connectivity index (χ2v) is 7.65. The van der Waals surface area contributed by atoms with E-state index in [1.165, 1.54) is 69.8 Å². The first-order chi connectivity index (χ1) is 10.3. The fourth-order valence-electron chi connectivity index (χ4n) is 4.14. The van der Waals surface area contributed by atoms with E-state index in [-0.39, 0.29) is 0 Å². The fraction of sp³-hybridized carbons (Fsp3) is 0.667. The molecule has 1 atom stereocenters. The lowest BCUT2D eigenvalue weighted by molar-refractivity contribution is 0.433. The lowest BCUT2D eigenvalue weighted by Crippen LogP contribution is -2.10. The molecule has 0 aliphatic heterocycles. The number of hydrogen-bond donors (Lipinski definition) is 1. The number of hydrogen-bond acceptors (Lipinski definition) is 1. The average Bonchev–Trinajstić information content (AvgIpc) is 2.56. The van der Waals surface area contributed by atoms with Crippen LogP contribution in [0.5, 0.6) is 0 Å². The van der Waals surface area contributed by atoms with E-state index in [4.69, 9.17) is 0 Å². The van der Waals surface area contributed by atoms with Crippen molar-refractivity contribution in [2.75, 3.05) is 0 Å². The van der Waals surface area contributed by atoms with Crippen LogP contribution in [0.3, 0.4) is 0 Å². The van der Waals surface area contributed by atoms with Gasteiger partial charge >= 0.3 is 0 Å². The minimum Gasteiger partial charge on any atom is -0.302 e. The van der Waals surface area contributed by atoms with Crippen molar-refractivity contribution in [1.29, 1.82) is 0 Å². The molecular formula is C18H26O2S. The van der Waals surface area contributed by atoms with Crippen molar-refractivity contribution in [2.24, 2.45) is 0 Å². The van der Waals surface area contributed by atoms with Gasteiger partial charge in [-0.05, 0) is 54.7 Å². The van der Waals surface area contributed by atoms with Crippen LogP contribution in [0.25, 0.3) is 0 Å². The second kappa shape index (κ2) is 7.06. The van der Waals surface area contributed by atoms with Gasteiger partial charge in [0, 0.05) is 0 Å². The summed E-state index contributed by atoms with van der Waals surface area (Å²) in [5, 5.41) is 0. The van der Waals surface area contributed by atoms with Gasteiger partial charge in [0.1, 0.15) is 0 Å². The first kappa shape index (κ1) is 15.2. The van der Waals surface area contributed by atoms with E-state index in [2.05, 4.69) is 12.1 Å². The van der Waals surface area contributed by atoms with Gasteiger partial charge in [0.25, 0.3) is 0 Å². The highest BCUT2D eigenvalue weighted by Crippen LogP contribution is 2.38. The summed E-state index contributed by atoms with van der Waals surface area (Å²) in [5.41, 5.74) is 2.42. The molecule has 0 amide bonds. The third-order valence-electron chi connectivity index (χ3n) is 5.35. The molecule has 0 spiro atoms. The molecular weight excluding hydrogens is 280 g/mol. The van der Waals surface area contributed by atoms with Crippen molar-refractivity contribution in [3.8, 4) is 0 Å². The first-order valence-corrected chi connectivity index (χ1v) is 9.61. The highest BCUT2D eigenvalue weighted by atomic mass is 32.2. The van der Waals surface area contributed by atoms with Crippen LogP contribution in [0.15, 0.2) is 23.1 Å². The molecule has 0 aromatic heterocycles. The summed E-state index contributed by atoms with van der Waals surface area (Å²) in [4.78, 5) is 0.685. The molecule has 1 aromatic rings. The summed E-state index contributed by atoms with van der Waals surface area (Å²) in [6, 6.07) is 6.43. The van der Waals surface area contributed by atoms with Crippen LogP contribution >= 0.6 is 0 Å². The van der Waals surface area contributed by atoms with Gasteiger partial charge < -0.3 is 4.55 Å². The van der Waals surface area contributed by atoms with E-state index in [9.17, 15) is 8.76 Å². The molecule has 2 fully saturated rings. The Morgan fingerprint density at radius 2 is 1.43 bits per heavy atom. The number of benzene rings is 1. The van der Waals surface area contributed by atoms with E-state index >= 15 is 0 Å². The van der Waals surface area contributed by atoms with Crippen molar-refractivity contribution < 1.29 is 8.76 Å². The van der Waals surface area contributed by atoms with Crippen LogP contribution < -0.4 is 0 Å². The second-order valence-electron chi connectivity index (χ2n) is 6.72. The predicted octanol–water partition coefficient (Wildman–Crippen LogP) is 5.36. The molecule has 0 bridgehead atoms. The molecule has 2 aliphatic rings. The quantitative estimate of drug-likeness (QED) is 0.763. The smallest absolute Gasteiger partial charge is 0.186 e. The van der Waals surface area contributed by atoms with Gasteiger partial charge in [-0.15, -0.1) is 0 Å². The molecule has 0 heterocycles. The zero-order valence-electron chi connectivity index (χ0n) is 12.7. The maximum absolute atomic E-state index is 11.8. The van der Waals surface area contributed by atoms with Crippen molar-refractivity contribution in [2.45, 2.75) is 80.9 Å². The fourth-order valence-corrected chi connectivity index (χ4v) is 4.82. The summed E-state index contributed by atoms with van der Waals surface area (Å²) in [7, 11) is 0. The van der Waals surface area contributed by atoms with Gasteiger partial charge in [0.2, 0.25) is 0 Å². The zero-order valence-corrected chi connectivity index (χ0v) is 13.5. The van der Waals surface area contributed by atoms with Crippen LogP contribution in [-0.2, 0) is 11.1 Å². The van der Waals surface area contributed by atoms with Gasteiger partial charge in [-0.25, -0.2) is 4.21 Å². The molecule has 21 heavy (non-hydrogen) atoms. The Bertz CT molecular complexity index is 500. The summed E-state index contributed by atoms with van der Waals surface area (Å²) in [6.07, 6.45) is 12.6. The van der Waals surface area contributed by atoms with Crippen molar-refractivity contribution in [3.63, 3.8) is 0 Å². The third kappa shape index (κ3) is 3.57. The molecule has 0 radical (unpaired) electrons. The predicted molar refractivity (Wildman–Crippen MR) is 87.1 cm³/mol. The number of rotatable bonds is 3. The Balaban J connectivity index is 1.88. The zero-order chi connectivity index (χ0) is 14.7. The minimum absolute atomic E-state index is 0.491. The molecule has 0 saturated heterocycles. The molecule has 1 unspecified atom stereocenters. The summed E-state index contributed by atoms with van der Waals surface area (Å²) in [5.74, 6) is 1.09. The first-order valence-electron chi connectivity index (χ1n) is 8.50. The highest BCUT2D eigenvalue weighted by molar-refractivity contribution is 7.79. The molecule has 3 heteroatoms. The van der Waals surface area contributed by atoms with Crippen molar-refractivity contribution in [1.82, 2.24) is 0 Å². The molecule has 2 nitrogen and oxygen atoms in total. The van der Waals surface area contributed by atoms with E-state index < -0.39 is 11.1 Å². The van der Waals surface area contributed by atoms with E-state index in [1.54, 1.807) is 0 Å². The molecule has 1 aromatic carbocycles. The topological polar surface area (TPSA) is 37.3 Å².